The van der Waals surface area contributed by atoms with Crippen molar-refractivity contribution in [3.05, 3.63) is 52.2 Å². The van der Waals surface area contributed by atoms with Gasteiger partial charge in [0.05, 0.1) is 11.3 Å². The summed E-state index contributed by atoms with van der Waals surface area (Å²) in [4.78, 5) is 25.4. The zero-order chi connectivity index (χ0) is 15.2. The molecule has 0 bridgehead atoms. The summed E-state index contributed by atoms with van der Waals surface area (Å²) in [5.74, 6) is -0.556. The van der Waals surface area contributed by atoms with E-state index in [1.165, 1.54) is 11.8 Å². The van der Waals surface area contributed by atoms with Crippen molar-refractivity contribution in [2.75, 3.05) is 12.8 Å². The van der Waals surface area contributed by atoms with E-state index < -0.39 is 5.97 Å². The van der Waals surface area contributed by atoms with Crippen molar-refractivity contribution in [2.45, 2.75) is 11.4 Å². The second kappa shape index (κ2) is 7.28. The number of hydrogen-bond acceptors (Lipinski definition) is 4. The number of aromatic carboxylic acids is 1. The van der Waals surface area contributed by atoms with Crippen molar-refractivity contribution >= 4 is 35.0 Å². The molecule has 0 radical (unpaired) electrons. The Balaban J connectivity index is 1.84. The highest BCUT2D eigenvalue weighted by Crippen LogP contribution is 2.19. The molecular weight excluding hydrogens is 306 g/mol. The van der Waals surface area contributed by atoms with Crippen molar-refractivity contribution in [2.24, 2.45) is 0 Å². The van der Waals surface area contributed by atoms with Gasteiger partial charge in [-0.1, -0.05) is 0 Å². The normalized spacial score (nSPS) is 10.3. The second-order valence-electron chi connectivity index (χ2n) is 4.50. The SMILES string of the molecule is CN(Cc1ccsc1)C(=O)CSc1ccc(C(=O)O)cc1. The topological polar surface area (TPSA) is 57.6 Å². The molecule has 6 heteroatoms. The Morgan fingerprint density at radius 2 is 1.95 bits per heavy atom. The fourth-order valence-electron chi connectivity index (χ4n) is 1.69. The molecule has 0 spiro atoms. The summed E-state index contributed by atoms with van der Waals surface area (Å²) in [5, 5.41) is 12.8. The van der Waals surface area contributed by atoms with Crippen LogP contribution in [0, 0.1) is 0 Å². The van der Waals surface area contributed by atoms with Gasteiger partial charge in [-0.05, 0) is 46.7 Å². The number of carboxylic acids is 1. The molecule has 21 heavy (non-hydrogen) atoms. The molecule has 0 unspecified atom stereocenters. The highest BCUT2D eigenvalue weighted by atomic mass is 32.2. The standard InChI is InChI=1S/C15H15NO3S2/c1-16(8-11-6-7-20-9-11)14(17)10-21-13-4-2-12(3-5-13)15(18)19/h2-7,9H,8,10H2,1H3,(H,18,19). The van der Waals surface area contributed by atoms with E-state index in [2.05, 4.69) is 0 Å². The van der Waals surface area contributed by atoms with E-state index in [1.54, 1.807) is 47.5 Å². The van der Waals surface area contributed by atoms with E-state index in [-0.39, 0.29) is 11.5 Å². The highest BCUT2D eigenvalue weighted by Gasteiger charge is 2.10. The summed E-state index contributed by atoms with van der Waals surface area (Å²) in [5.41, 5.74) is 1.38. The van der Waals surface area contributed by atoms with Gasteiger partial charge in [-0.25, -0.2) is 4.79 Å². The van der Waals surface area contributed by atoms with Crippen LogP contribution in [0.5, 0.6) is 0 Å². The van der Waals surface area contributed by atoms with Crippen LogP contribution in [-0.2, 0) is 11.3 Å². The number of carboxylic acid groups (broad SMARTS) is 1. The quantitative estimate of drug-likeness (QED) is 0.830. The van der Waals surface area contributed by atoms with E-state index in [0.717, 1.165) is 10.5 Å². The summed E-state index contributed by atoms with van der Waals surface area (Å²) in [6.07, 6.45) is 0. The van der Waals surface area contributed by atoms with Crippen molar-refractivity contribution in [1.82, 2.24) is 4.90 Å². The molecule has 1 aromatic carbocycles. The van der Waals surface area contributed by atoms with Gasteiger partial charge >= 0.3 is 5.97 Å². The Bertz CT molecular complexity index is 608. The van der Waals surface area contributed by atoms with E-state index in [9.17, 15) is 9.59 Å². The van der Waals surface area contributed by atoms with Crippen LogP contribution in [0.3, 0.4) is 0 Å². The molecule has 0 aliphatic rings. The molecule has 0 saturated heterocycles. The summed E-state index contributed by atoms with van der Waals surface area (Å²) in [7, 11) is 1.79. The second-order valence-corrected chi connectivity index (χ2v) is 6.33. The van der Waals surface area contributed by atoms with Crippen LogP contribution < -0.4 is 0 Å². The number of thioether (sulfide) groups is 1. The first-order valence-corrected chi connectivity index (χ1v) is 8.20. The molecule has 0 aliphatic heterocycles. The molecule has 1 amide bonds. The van der Waals surface area contributed by atoms with Crippen LogP contribution in [0.2, 0.25) is 0 Å². The van der Waals surface area contributed by atoms with Crippen molar-refractivity contribution in [1.29, 1.82) is 0 Å². The van der Waals surface area contributed by atoms with Gasteiger partial charge in [0, 0.05) is 18.5 Å². The molecular formula is C15H15NO3S2. The van der Waals surface area contributed by atoms with Crippen molar-refractivity contribution in [3.8, 4) is 0 Å². The van der Waals surface area contributed by atoms with Gasteiger partial charge in [-0.3, -0.25) is 4.79 Å². The lowest BCUT2D eigenvalue weighted by Gasteiger charge is -2.16. The lowest BCUT2D eigenvalue weighted by atomic mass is 10.2. The maximum absolute atomic E-state index is 12.0. The minimum absolute atomic E-state index is 0.0495. The third-order valence-corrected chi connectivity index (χ3v) is 4.62. The van der Waals surface area contributed by atoms with Crippen LogP contribution in [-0.4, -0.2) is 34.7 Å². The fourth-order valence-corrected chi connectivity index (χ4v) is 3.19. The number of benzene rings is 1. The fraction of sp³-hybridized carbons (Fsp3) is 0.200. The number of hydrogen-bond donors (Lipinski definition) is 1. The molecule has 1 heterocycles. The third-order valence-electron chi connectivity index (χ3n) is 2.89. The van der Waals surface area contributed by atoms with Crippen molar-refractivity contribution < 1.29 is 14.7 Å². The molecule has 0 aliphatic carbocycles. The number of carbonyl (C=O) groups is 2. The predicted octanol–water partition coefficient (Wildman–Crippen LogP) is 3.20. The molecule has 0 fully saturated rings. The summed E-state index contributed by atoms with van der Waals surface area (Å²) in [6, 6.07) is 8.54. The Hall–Kier alpha value is -1.79. The van der Waals surface area contributed by atoms with E-state index in [0.29, 0.717) is 12.3 Å². The Labute approximate surface area is 131 Å². The number of carbonyl (C=O) groups excluding carboxylic acids is 1. The lowest BCUT2D eigenvalue weighted by Crippen LogP contribution is -2.27. The van der Waals surface area contributed by atoms with E-state index in [4.69, 9.17) is 5.11 Å². The first-order valence-electron chi connectivity index (χ1n) is 6.27. The molecule has 0 atom stereocenters. The van der Waals surface area contributed by atoms with E-state index in [1.807, 2.05) is 16.8 Å². The number of rotatable bonds is 6. The Kier molecular flexibility index (Phi) is 5.41. The first-order chi connectivity index (χ1) is 10.1. The van der Waals surface area contributed by atoms with Gasteiger partial charge < -0.3 is 10.0 Å². The largest absolute Gasteiger partial charge is 0.478 e. The van der Waals surface area contributed by atoms with Crippen LogP contribution in [0.25, 0.3) is 0 Å². The summed E-state index contributed by atoms with van der Waals surface area (Å²) in [6.45, 7) is 0.612. The summed E-state index contributed by atoms with van der Waals surface area (Å²) < 4.78 is 0. The molecule has 1 N–H and O–H groups in total. The van der Waals surface area contributed by atoms with Crippen LogP contribution in [0.1, 0.15) is 15.9 Å². The number of thiophene rings is 1. The minimum Gasteiger partial charge on any atom is -0.478 e. The van der Waals surface area contributed by atoms with Crippen LogP contribution in [0.15, 0.2) is 46.0 Å². The zero-order valence-corrected chi connectivity index (χ0v) is 13.1. The van der Waals surface area contributed by atoms with Crippen LogP contribution in [0.4, 0.5) is 0 Å². The van der Waals surface area contributed by atoms with Gasteiger partial charge in [0.1, 0.15) is 0 Å². The average Bonchev–Trinajstić information content (AvgIpc) is 2.98. The van der Waals surface area contributed by atoms with Gasteiger partial charge in [0.2, 0.25) is 5.91 Å². The maximum atomic E-state index is 12.0. The molecule has 0 saturated carbocycles. The number of amides is 1. The monoisotopic (exact) mass is 321 g/mol. The molecule has 2 aromatic rings. The molecule has 110 valence electrons. The van der Waals surface area contributed by atoms with Gasteiger partial charge in [-0.15, -0.1) is 11.8 Å². The van der Waals surface area contributed by atoms with Crippen molar-refractivity contribution in [3.63, 3.8) is 0 Å². The average molecular weight is 321 g/mol. The van der Waals surface area contributed by atoms with Crippen LogP contribution >= 0.6 is 23.1 Å². The first kappa shape index (κ1) is 15.6. The molecule has 2 rings (SSSR count). The highest BCUT2D eigenvalue weighted by molar-refractivity contribution is 8.00. The smallest absolute Gasteiger partial charge is 0.335 e. The molecule has 4 nitrogen and oxygen atoms in total. The summed E-state index contributed by atoms with van der Waals surface area (Å²) >= 11 is 3.02. The minimum atomic E-state index is -0.946. The lowest BCUT2D eigenvalue weighted by molar-refractivity contribution is -0.127. The third kappa shape index (κ3) is 4.61. The predicted molar refractivity (Wildman–Crippen MR) is 84.9 cm³/mol. The van der Waals surface area contributed by atoms with Gasteiger partial charge in [-0.2, -0.15) is 11.3 Å². The van der Waals surface area contributed by atoms with Gasteiger partial charge in [0.25, 0.3) is 0 Å². The zero-order valence-electron chi connectivity index (χ0n) is 11.5. The molecule has 1 aromatic heterocycles. The maximum Gasteiger partial charge on any atom is 0.335 e. The Morgan fingerprint density at radius 1 is 1.24 bits per heavy atom. The number of nitrogens with zero attached hydrogens (tertiary/aromatic N) is 1. The van der Waals surface area contributed by atoms with Gasteiger partial charge in [0.15, 0.2) is 0 Å². The van der Waals surface area contributed by atoms with E-state index >= 15 is 0 Å². The Morgan fingerprint density at radius 3 is 2.52 bits per heavy atom.